The SMILES string of the molecule is CC.COc1cc2c(cc1-c1c(C)noc1C)[nH]c1nc(C)nc(-c3ccc(C(=O)NC4CCN(C5COC5)CC4)c4ncccc34)c12.COc1cc2c(cc1-c1c(C)noc1C)[nH]c1nc(C)nc(-c3ccc(OC=O)c4ncccc34)c12.NC1CCN(C2COC2)CC1.[3H][B]O. The molecule has 4 aliphatic rings. The van der Waals surface area contributed by atoms with E-state index < -0.39 is 0 Å². The van der Waals surface area contributed by atoms with Gasteiger partial charge in [0.15, 0.2) is 5.75 Å². The Morgan fingerprint density at radius 3 is 1.55 bits per heavy atom. The minimum Gasteiger partial charge on any atom is -0.496 e. The van der Waals surface area contributed by atoms with Gasteiger partial charge < -0.3 is 58.8 Å². The Kier molecular flexibility index (Phi) is 19.9. The van der Waals surface area contributed by atoms with Crippen LogP contribution in [0.25, 0.3) is 110 Å². The van der Waals surface area contributed by atoms with E-state index in [9.17, 15) is 9.59 Å². The predicted molar refractivity (Wildman–Crippen MR) is 374 cm³/mol. The number of H-pyrrole nitrogens is 2. The zero-order valence-electron chi connectivity index (χ0n) is 57.2. The second kappa shape index (κ2) is 29.3. The van der Waals surface area contributed by atoms with Crippen molar-refractivity contribution in [2.75, 3.05) is 66.8 Å². The minimum absolute atomic E-state index is 0.103. The van der Waals surface area contributed by atoms with E-state index in [-0.39, 0.29) is 20.0 Å². The molecule has 8 aromatic heterocycles. The summed E-state index contributed by atoms with van der Waals surface area (Å²) in [6, 6.07) is 25.0. The van der Waals surface area contributed by atoms with Crippen LogP contribution in [0.1, 0.15) is 84.4 Å². The molecule has 0 unspecified atom stereocenters. The maximum atomic E-state index is 13.7. The quantitative estimate of drug-likeness (QED) is 0.0561. The first-order chi connectivity index (χ1) is 47.7. The molecule has 1 radical (unpaired) electrons. The van der Waals surface area contributed by atoms with E-state index in [0.717, 1.165) is 170 Å². The third-order valence-electron chi connectivity index (χ3n) is 18.5. The van der Waals surface area contributed by atoms with Crippen molar-refractivity contribution < 1.29 is 47.3 Å². The Bertz CT molecular complexity index is 4840. The lowest BCUT2D eigenvalue weighted by molar-refractivity contribution is -0.120. The molecule has 4 aromatic carbocycles. The topological polar surface area (TPSA) is 306 Å². The zero-order chi connectivity index (χ0) is 68.9. The van der Waals surface area contributed by atoms with Gasteiger partial charge in [-0.05, 0) is 122 Å². The lowest BCUT2D eigenvalue weighted by Crippen LogP contribution is -2.54. The number of rotatable bonds is 12. The molecule has 4 aliphatic heterocycles. The molecule has 4 saturated heterocycles. The predicted octanol–water partition coefficient (Wildman–Crippen LogP) is 10.6. The van der Waals surface area contributed by atoms with Crippen molar-refractivity contribution in [3.63, 3.8) is 0 Å². The number of aromatic amines is 2. The highest BCUT2D eigenvalue weighted by atomic mass is 16.5. The number of nitrogens with zero attached hydrogens (tertiary/aromatic N) is 10. The average Bonchev–Trinajstić information content (AvgIpc) is 1.54. The van der Waals surface area contributed by atoms with Gasteiger partial charge in [-0.2, -0.15) is 0 Å². The highest BCUT2D eigenvalue weighted by Gasteiger charge is 2.32. The van der Waals surface area contributed by atoms with Gasteiger partial charge in [0.2, 0.25) is 0 Å². The Morgan fingerprint density at radius 2 is 1.10 bits per heavy atom. The third-order valence-corrected chi connectivity index (χ3v) is 18.5. The van der Waals surface area contributed by atoms with E-state index in [1.165, 1.54) is 13.1 Å². The average molecular weight is 1310 g/mol. The van der Waals surface area contributed by atoms with Gasteiger partial charge in [-0.3, -0.25) is 29.4 Å². The number of ether oxygens (including phenoxy) is 5. The first kappa shape index (κ1) is 65.9. The second-order valence-electron chi connectivity index (χ2n) is 24.4. The lowest BCUT2D eigenvalue weighted by atomic mass is 9.96. The summed E-state index contributed by atoms with van der Waals surface area (Å²) >= 11 is 0. The Hall–Kier alpha value is -9.76. The number of aromatic nitrogens is 10. The van der Waals surface area contributed by atoms with Crippen LogP contribution in [0.5, 0.6) is 17.2 Å². The van der Waals surface area contributed by atoms with Crippen LogP contribution in [-0.4, -0.2) is 178 Å². The van der Waals surface area contributed by atoms with Crippen molar-refractivity contribution in [3.05, 3.63) is 125 Å². The summed E-state index contributed by atoms with van der Waals surface area (Å²) in [5.74, 6) is 4.35. The van der Waals surface area contributed by atoms with Crippen molar-refractivity contribution in [1.82, 2.24) is 65.3 Å². The fourth-order valence-corrected chi connectivity index (χ4v) is 13.6. The van der Waals surface area contributed by atoms with E-state index in [1.54, 1.807) is 32.7 Å². The van der Waals surface area contributed by atoms with Crippen LogP contribution < -0.4 is 25.3 Å². The summed E-state index contributed by atoms with van der Waals surface area (Å²) < 4.78 is 43.9. The smallest absolute Gasteiger partial charge is 0.298 e. The molecule has 501 valence electrons. The third kappa shape index (κ3) is 13.2. The standard InChI is InChI=1S/C35H35N7O4.C27H21N5O4.C8H16N2O.C2H6.BH2O/c1-18-30(19(2)46-41-18)27-14-28-26(15-29(27)44-4)31-33(37-20(3)38-34(31)40-28)24-7-8-25(32-23(24)6-5-11-36-32)35(43)39-21-9-12-42(13-10-21)22-16-45-17-22;1-13-23(14(2)36-32-13)19-10-20-18(11-22(19)34-4)24-26(29-15(3)30-27(24)31-20)17-7-8-21(35-12-33)25-16(17)6-5-9-28-25;9-7-1-3-10(4-2-7)8-5-11-6-8;2*1-2/h5-8,11,14-15,21-22H,9-10,12-13,16-17H2,1-4H3,(H,39,43)(H,37,38,40);5-12H,1-4H3,(H,29,30,31);7-8H,1-6,9H2;1-2H3;1-2H/i;;;;1T. The zero-order valence-corrected chi connectivity index (χ0v) is 56.2. The molecule has 12 heterocycles. The monoisotopic (exact) mass is 1310 g/mol. The molecule has 1 amide bonds. The molecule has 4 fully saturated rings. The highest BCUT2D eigenvalue weighted by Crippen LogP contribution is 2.45. The molecule has 12 aromatic rings. The van der Waals surface area contributed by atoms with Crippen LogP contribution in [0.3, 0.4) is 0 Å². The number of carbonyl (C=O) groups is 2. The Morgan fingerprint density at radius 1 is 0.639 bits per heavy atom. The van der Waals surface area contributed by atoms with Gasteiger partial charge >= 0.3 is 0 Å². The molecular formula is C72H80BN14O10. The Labute approximate surface area is 562 Å². The van der Waals surface area contributed by atoms with E-state index in [2.05, 4.69) is 51.4 Å². The van der Waals surface area contributed by atoms with Crippen LogP contribution >= 0.6 is 0 Å². The van der Waals surface area contributed by atoms with Crippen molar-refractivity contribution in [2.45, 2.75) is 105 Å². The van der Waals surface area contributed by atoms with Gasteiger partial charge in [-0.15, -0.1) is 0 Å². The van der Waals surface area contributed by atoms with E-state index in [1.807, 2.05) is 116 Å². The fourth-order valence-electron chi connectivity index (χ4n) is 13.6. The van der Waals surface area contributed by atoms with Crippen LogP contribution in [0.4, 0.5) is 0 Å². The largest absolute Gasteiger partial charge is 0.496 e. The maximum Gasteiger partial charge on any atom is 0.298 e. The van der Waals surface area contributed by atoms with Crippen molar-refractivity contribution >= 4 is 86.1 Å². The number of carbonyl (C=O) groups excluding carboxylic acids is 2. The number of piperidine rings is 2. The summed E-state index contributed by atoms with van der Waals surface area (Å²) in [6.07, 6.45) is 7.57. The first-order valence-corrected chi connectivity index (χ1v) is 32.7. The number of benzene rings is 4. The van der Waals surface area contributed by atoms with E-state index in [4.69, 9.17) is 64.8 Å². The molecule has 24 nitrogen and oxygen atoms in total. The minimum atomic E-state index is -0.103. The molecule has 16 rings (SSSR count). The number of amides is 1. The number of methoxy groups -OCH3 is 2. The van der Waals surface area contributed by atoms with Crippen LogP contribution in [0, 0.1) is 41.5 Å². The number of fused-ring (bicyclic) bond motifs is 8. The second-order valence-corrected chi connectivity index (χ2v) is 24.4. The lowest BCUT2D eigenvalue weighted by Gasteiger charge is -2.41. The van der Waals surface area contributed by atoms with Crippen LogP contribution in [0.15, 0.2) is 94.2 Å². The van der Waals surface area contributed by atoms with Gasteiger partial charge in [-0.1, -0.05) is 42.4 Å². The van der Waals surface area contributed by atoms with Gasteiger partial charge in [-0.25, -0.2) is 19.9 Å². The van der Waals surface area contributed by atoms with E-state index >= 15 is 0 Å². The molecule has 0 spiro atoms. The van der Waals surface area contributed by atoms with Crippen LogP contribution in [0.2, 0.25) is 0 Å². The molecule has 6 N–H and O–H groups in total. The van der Waals surface area contributed by atoms with Gasteiger partial charge in [0.1, 0.15) is 51.5 Å². The van der Waals surface area contributed by atoms with Gasteiger partial charge in [0.05, 0.1) is 108 Å². The number of aryl methyl sites for hydroxylation is 6. The number of pyridine rings is 2. The normalized spacial score (nSPS) is 15.6. The van der Waals surface area contributed by atoms with Crippen molar-refractivity contribution in [1.29, 1.82) is 1.34 Å². The molecule has 97 heavy (non-hydrogen) atoms. The summed E-state index contributed by atoms with van der Waals surface area (Å²) in [4.78, 5) is 65.1. The number of nitrogens with two attached hydrogens (primary N) is 1. The summed E-state index contributed by atoms with van der Waals surface area (Å²) in [7, 11) is 3.55. The molecule has 0 aliphatic carbocycles. The fraction of sp³-hybridized carbons (Fsp3) is 0.361. The highest BCUT2D eigenvalue weighted by molar-refractivity contribution is 6.18. The van der Waals surface area contributed by atoms with Gasteiger partial charge in [0.25, 0.3) is 20.4 Å². The molecule has 0 saturated carbocycles. The number of hydrogen-bond acceptors (Lipinski definition) is 21. The van der Waals surface area contributed by atoms with Crippen molar-refractivity contribution in [3.8, 4) is 62.0 Å². The van der Waals surface area contributed by atoms with Crippen LogP contribution in [-0.2, 0) is 14.3 Å². The molecule has 0 atom stereocenters. The first-order valence-electron chi connectivity index (χ1n) is 33.3. The summed E-state index contributed by atoms with van der Waals surface area (Å²) in [5.41, 5.74) is 19.1. The summed E-state index contributed by atoms with van der Waals surface area (Å²) in [6.45, 7) is 23.5. The number of likely N-dealkylation sites (tertiary alicyclic amines) is 2. The number of nitrogens with one attached hydrogen (secondary N) is 3. The van der Waals surface area contributed by atoms with Crippen molar-refractivity contribution in [2.24, 2.45) is 5.73 Å². The molecular weight excluding hydrogens is 1230 g/mol. The Balaban J connectivity index is 0.000000155. The van der Waals surface area contributed by atoms with E-state index in [0.29, 0.717) is 87.1 Å². The maximum absolute atomic E-state index is 13.7. The molecule has 25 heteroatoms. The number of hydrogen-bond donors (Lipinski definition) is 5. The van der Waals surface area contributed by atoms with Gasteiger partial charge in [0, 0.05) is 107 Å². The molecule has 0 bridgehead atoms. The summed E-state index contributed by atoms with van der Waals surface area (Å²) in [5, 5.41) is 23.9.